The van der Waals surface area contributed by atoms with Gasteiger partial charge in [-0.15, -0.1) is 0 Å². The van der Waals surface area contributed by atoms with Crippen molar-refractivity contribution in [3.63, 3.8) is 0 Å². The zero-order valence-corrected chi connectivity index (χ0v) is 13.4. The highest BCUT2D eigenvalue weighted by atomic mass is 32.2. The van der Waals surface area contributed by atoms with E-state index in [1.807, 2.05) is 0 Å². The smallest absolute Gasteiger partial charge is 0.262 e. The van der Waals surface area contributed by atoms with Crippen LogP contribution in [0.4, 0.5) is 5.69 Å². The molecule has 118 valence electrons. The van der Waals surface area contributed by atoms with Crippen molar-refractivity contribution >= 4 is 15.7 Å². The molecule has 2 heterocycles. The first-order chi connectivity index (χ1) is 9.96. The molecule has 0 aromatic carbocycles. The number of nitrogens with zero attached hydrogens (tertiary/aromatic N) is 2. The van der Waals surface area contributed by atoms with Gasteiger partial charge < -0.3 is 5.43 Å². The number of sulfonamides is 1. The van der Waals surface area contributed by atoms with E-state index in [-0.39, 0.29) is 5.03 Å². The van der Waals surface area contributed by atoms with Crippen LogP contribution < -0.4 is 11.3 Å². The molecule has 0 saturated carbocycles. The quantitative estimate of drug-likeness (QED) is 0.654. The lowest BCUT2D eigenvalue weighted by Crippen LogP contribution is -2.33. The number of rotatable bonds is 4. The van der Waals surface area contributed by atoms with E-state index >= 15 is 0 Å². The van der Waals surface area contributed by atoms with Crippen LogP contribution in [-0.2, 0) is 10.0 Å². The van der Waals surface area contributed by atoms with Crippen LogP contribution >= 0.6 is 0 Å². The van der Waals surface area contributed by atoms with E-state index < -0.39 is 10.0 Å². The molecule has 3 N–H and O–H groups in total. The Bertz CT molecular complexity index is 574. The number of pyridine rings is 1. The normalized spacial score (nSPS) is 21.2. The van der Waals surface area contributed by atoms with Crippen LogP contribution in [0.3, 0.4) is 0 Å². The highest BCUT2D eigenvalue weighted by molar-refractivity contribution is 7.89. The van der Waals surface area contributed by atoms with Gasteiger partial charge in [0.1, 0.15) is 0 Å². The summed E-state index contributed by atoms with van der Waals surface area (Å²) in [6.07, 6.45) is 4.34. The summed E-state index contributed by atoms with van der Waals surface area (Å²) in [7, 11) is -3.60. The lowest BCUT2D eigenvalue weighted by molar-refractivity contribution is 0.340. The van der Waals surface area contributed by atoms with Gasteiger partial charge in [0.2, 0.25) is 0 Å². The average molecular weight is 312 g/mol. The minimum Gasteiger partial charge on any atom is -0.321 e. The molecule has 2 rings (SSSR count). The van der Waals surface area contributed by atoms with E-state index in [9.17, 15) is 8.42 Å². The van der Waals surface area contributed by atoms with E-state index in [1.54, 1.807) is 16.4 Å². The van der Waals surface area contributed by atoms with Crippen LogP contribution in [-0.4, -0.2) is 30.8 Å². The molecule has 7 heteroatoms. The molecule has 1 unspecified atom stereocenters. The zero-order chi connectivity index (χ0) is 15.5. The molecule has 1 fully saturated rings. The molecular formula is C14H24N4O2S. The van der Waals surface area contributed by atoms with Gasteiger partial charge in [0, 0.05) is 19.3 Å². The van der Waals surface area contributed by atoms with Crippen molar-refractivity contribution in [2.24, 2.45) is 17.7 Å². The average Bonchev–Trinajstić information content (AvgIpc) is 2.73. The molecule has 1 saturated heterocycles. The third kappa shape index (κ3) is 3.53. The van der Waals surface area contributed by atoms with Gasteiger partial charge >= 0.3 is 0 Å². The summed E-state index contributed by atoms with van der Waals surface area (Å²) in [5.74, 6) is 6.57. The summed E-state index contributed by atoms with van der Waals surface area (Å²) in [5, 5.41) is 0.00972. The maximum atomic E-state index is 12.8. The van der Waals surface area contributed by atoms with Gasteiger partial charge in [0.05, 0.1) is 5.69 Å². The predicted octanol–water partition coefficient (Wildman–Crippen LogP) is 1.81. The minimum absolute atomic E-state index is 0.00972. The predicted molar refractivity (Wildman–Crippen MR) is 83.0 cm³/mol. The molecule has 0 radical (unpaired) electrons. The maximum Gasteiger partial charge on any atom is 0.262 e. The number of nitrogens with two attached hydrogens (primary N) is 1. The molecule has 0 bridgehead atoms. The SMILES string of the molecule is CC(C)C1CCCN(S(=O)(=O)c2ncccc2NN)CC1. The summed E-state index contributed by atoms with van der Waals surface area (Å²) in [5.41, 5.74) is 2.75. The van der Waals surface area contributed by atoms with Crippen molar-refractivity contribution < 1.29 is 8.42 Å². The Kier molecular flexibility index (Phi) is 5.18. The number of anilines is 1. The summed E-state index contributed by atoms with van der Waals surface area (Å²) in [6, 6.07) is 3.28. The van der Waals surface area contributed by atoms with Crippen molar-refractivity contribution in [3.8, 4) is 0 Å². The Morgan fingerprint density at radius 1 is 1.38 bits per heavy atom. The molecule has 1 atom stereocenters. The Morgan fingerprint density at radius 2 is 2.14 bits per heavy atom. The van der Waals surface area contributed by atoms with Crippen LogP contribution in [0, 0.1) is 11.8 Å². The molecule has 6 nitrogen and oxygen atoms in total. The molecule has 0 aliphatic carbocycles. The summed E-state index contributed by atoms with van der Waals surface area (Å²) >= 11 is 0. The summed E-state index contributed by atoms with van der Waals surface area (Å²) in [4.78, 5) is 4.01. The number of nitrogens with one attached hydrogen (secondary N) is 1. The molecule has 1 aromatic heterocycles. The van der Waals surface area contributed by atoms with Gasteiger partial charge in [-0.2, -0.15) is 4.31 Å². The van der Waals surface area contributed by atoms with Crippen molar-refractivity contribution in [2.75, 3.05) is 18.5 Å². The molecule has 21 heavy (non-hydrogen) atoms. The van der Waals surface area contributed by atoms with Crippen molar-refractivity contribution in [1.82, 2.24) is 9.29 Å². The molecule has 0 amide bonds. The second kappa shape index (κ2) is 6.72. The first-order valence-corrected chi connectivity index (χ1v) is 8.82. The largest absolute Gasteiger partial charge is 0.321 e. The van der Waals surface area contributed by atoms with Gasteiger partial charge in [0.15, 0.2) is 5.03 Å². The fourth-order valence-electron chi connectivity index (χ4n) is 2.83. The van der Waals surface area contributed by atoms with Gasteiger partial charge in [-0.3, -0.25) is 5.84 Å². The van der Waals surface area contributed by atoms with E-state index in [1.165, 1.54) is 6.20 Å². The fourth-order valence-corrected chi connectivity index (χ4v) is 4.39. The number of hydrogen-bond donors (Lipinski definition) is 2. The Morgan fingerprint density at radius 3 is 2.81 bits per heavy atom. The van der Waals surface area contributed by atoms with Gasteiger partial charge in [0.25, 0.3) is 10.0 Å². The van der Waals surface area contributed by atoms with E-state index in [0.717, 1.165) is 19.3 Å². The third-order valence-electron chi connectivity index (χ3n) is 4.19. The fraction of sp³-hybridized carbons (Fsp3) is 0.643. The number of nitrogen functional groups attached to an aromatic ring is 1. The Balaban J connectivity index is 2.23. The minimum atomic E-state index is -3.60. The lowest BCUT2D eigenvalue weighted by Gasteiger charge is -2.21. The maximum absolute atomic E-state index is 12.8. The zero-order valence-electron chi connectivity index (χ0n) is 12.6. The highest BCUT2D eigenvalue weighted by Gasteiger charge is 2.31. The molecule has 1 aliphatic heterocycles. The summed E-state index contributed by atoms with van der Waals surface area (Å²) < 4.78 is 27.1. The Hall–Kier alpha value is -1.18. The van der Waals surface area contributed by atoms with Crippen LogP contribution in [0.2, 0.25) is 0 Å². The van der Waals surface area contributed by atoms with E-state index in [0.29, 0.717) is 30.6 Å². The molecule has 0 spiro atoms. The van der Waals surface area contributed by atoms with Crippen molar-refractivity contribution in [3.05, 3.63) is 18.3 Å². The second-order valence-corrected chi connectivity index (χ2v) is 7.69. The monoisotopic (exact) mass is 312 g/mol. The number of hydrazine groups is 1. The van der Waals surface area contributed by atoms with Crippen molar-refractivity contribution in [2.45, 2.75) is 38.1 Å². The summed E-state index contributed by atoms with van der Waals surface area (Å²) in [6.45, 7) is 5.49. The van der Waals surface area contributed by atoms with Gasteiger partial charge in [-0.25, -0.2) is 13.4 Å². The molecule has 1 aliphatic rings. The number of aromatic nitrogens is 1. The van der Waals surface area contributed by atoms with Crippen LogP contribution in [0.1, 0.15) is 33.1 Å². The first kappa shape index (κ1) is 16.2. The second-order valence-electron chi connectivity index (χ2n) is 5.84. The van der Waals surface area contributed by atoms with E-state index in [2.05, 4.69) is 24.3 Å². The number of hydrogen-bond acceptors (Lipinski definition) is 5. The third-order valence-corrected chi connectivity index (χ3v) is 6.04. The first-order valence-electron chi connectivity index (χ1n) is 7.38. The van der Waals surface area contributed by atoms with Crippen LogP contribution in [0.25, 0.3) is 0 Å². The van der Waals surface area contributed by atoms with Crippen LogP contribution in [0.15, 0.2) is 23.4 Å². The molecular weight excluding hydrogens is 288 g/mol. The van der Waals surface area contributed by atoms with Crippen LogP contribution in [0.5, 0.6) is 0 Å². The standard InChI is InChI=1S/C14H24N4O2S/c1-11(2)12-5-4-9-18(10-7-12)21(19,20)14-13(17-15)6-3-8-16-14/h3,6,8,11-12,17H,4-5,7,9-10,15H2,1-2H3. The highest BCUT2D eigenvalue weighted by Crippen LogP contribution is 2.28. The van der Waals surface area contributed by atoms with E-state index in [4.69, 9.17) is 5.84 Å². The van der Waals surface area contributed by atoms with Crippen molar-refractivity contribution in [1.29, 1.82) is 0 Å². The van der Waals surface area contributed by atoms with Gasteiger partial charge in [-0.05, 0) is 43.2 Å². The van der Waals surface area contributed by atoms with Gasteiger partial charge in [-0.1, -0.05) is 13.8 Å². The lowest BCUT2D eigenvalue weighted by atomic mass is 9.89. The molecule has 1 aromatic rings. The topological polar surface area (TPSA) is 88.3 Å². The Labute approximate surface area is 126 Å².